The summed E-state index contributed by atoms with van der Waals surface area (Å²) in [4.78, 5) is 13.5. The number of anilines is 1. The van der Waals surface area contributed by atoms with E-state index in [1.54, 1.807) is 30.0 Å². The summed E-state index contributed by atoms with van der Waals surface area (Å²) in [6, 6.07) is 14.9. The first kappa shape index (κ1) is 14.0. The third-order valence-corrected chi connectivity index (χ3v) is 4.93. The normalized spacial score (nSPS) is 16.1. The first-order valence-corrected chi connectivity index (χ1v) is 7.68. The van der Waals surface area contributed by atoms with Crippen molar-refractivity contribution < 1.29 is 4.79 Å². The van der Waals surface area contributed by atoms with Crippen molar-refractivity contribution >= 4 is 35.0 Å². The van der Waals surface area contributed by atoms with Gasteiger partial charge < -0.3 is 5.32 Å². The Morgan fingerprint density at radius 1 is 1.33 bits per heavy atom. The Morgan fingerprint density at radius 2 is 2.14 bits per heavy atom. The van der Waals surface area contributed by atoms with E-state index in [1.807, 2.05) is 30.3 Å². The Balaban J connectivity index is 1.71. The van der Waals surface area contributed by atoms with E-state index in [0.717, 1.165) is 11.3 Å². The van der Waals surface area contributed by atoms with E-state index >= 15 is 0 Å². The molecule has 0 radical (unpaired) electrons. The molecule has 0 spiro atoms. The zero-order chi connectivity index (χ0) is 14.8. The number of benzene rings is 2. The highest BCUT2D eigenvalue weighted by atomic mass is 35.5. The summed E-state index contributed by atoms with van der Waals surface area (Å²) in [5.41, 5.74) is 2.22. The summed E-state index contributed by atoms with van der Waals surface area (Å²) in [7, 11) is 0. The first-order chi connectivity index (χ1) is 10.2. The molecule has 3 rings (SSSR count). The second-order valence-electron chi connectivity index (χ2n) is 4.71. The lowest BCUT2D eigenvalue weighted by atomic mass is 10.1. The topological polar surface area (TPSA) is 52.9 Å². The van der Waals surface area contributed by atoms with E-state index in [4.69, 9.17) is 16.9 Å². The fourth-order valence-corrected chi connectivity index (χ4v) is 3.65. The maximum absolute atomic E-state index is 12.3. The lowest BCUT2D eigenvalue weighted by molar-refractivity contribution is -0.115. The molecule has 1 atom stereocenters. The number of nitriles is 1. The molecular formula is C16H11ClN2OS. The van der Waals surface area contributed by atoms with E-state index in [0.29, 0.717) is 16.3 Å². The van der Waals surface area contributed by atoms with E-state index in [1.165, 1.54) is 5.56 Å². The molecule has 0 bridgehead atoms. The molecule has 104 valence electrons. The molecule has 0 saturated carbocycles. The third kappa shape index (κ3) is 2.90. The average Bonchev–Trinajstić information content (AvgIpc) is 2.91. The second kappa shape index (κ2) is 5.80. The third-order valence-electron chi connectivity index (χ3n) is 3.30. The molecule has 3 nitrogen and oxygen atoms in total. The van der Waals surface area contributed by atoms with Crippen LogP contribution in [0.1, 0.15) is 11.1 Å². The first-order valence-electron chi connectivity index (χ1n) is 6.42. The minimum absolute atomic E-state index is 0.0445. The van der Waals surface area contributed by atoms with Gasteiger partial charge in [-0.15, -0.1) is 11.8 Å². The summed E-state index contributed by atoms with van der Waals surface area (Å²) >= 11 is 7.54. The van der Waals surface area contributed by atoms with Crippen LogP contribution in [0.5, 0.6) is 0 Å². The van der Waals surface area contributed by atoms with E-state index in [9.17, 15) is 4.79 Å². The number of carbonyl (C=O) groups is 1. The molecule has 0 fully saturated rings. The van der Waals surface area contributed by atoms with Gasteiger partial charge in [0.25, 0.3) is 0 Å². The quantitative estimate of drug-likeness (QED) is 0.915. The zero-order valence-corrected chi connectivity index (χ0v) is 12.5. The molecule has 1 N–H and O–H groups in total. The minimum Gasteiger partial charge on any atom is -0.325 e. The van der Waals surface area contributed by atoms with Crippen LogP contribution >= 0.6 is 23.4 Å². The van der Waals surface area contributed by atoms with Crippen LogP contribution in [-0.4, -0.2) is 11.2 Å². The number of fused-ring (bicyclic) bond motifs is 1. The van der Waals surface area contributed by atoms with Gasteiger partial charge in [-0.25, -0.2) is 0 Å². The number of rotatable bonds is 2. The predicted molar refractivity (Wildman–Crippen MR) is 84.6 cm³/mol. The SMILES string of the molecule is N#Cc1ccc(NC(=O)C2Cc3ccccc3S2)cc1Cl. The fraction of sp³-hybridized carbons (Fsp3) is 0.125. The van der Waals surface area contributed by atoms with Crippen molar-refractivity contribution in [3.8, 4) is 6.07 Å². The number of thioether (sulfide) groups is 1. The van der Waals surface area contributed by atoms with E-state index < -0.39 is 0 Å². The summed E-state index contributed by atoms with van der Waals surface area (Å²) < 4.78 is 0. The Kier molecular flexibility index (Phi) is 3.87. The number of nitrogens with one attached hydrogen (secondary N) is 1. The van der Waals surface area contributed by atoms with Crippen LogP contribution in [0.25, 0.3) is 0 Å². The van der Waals surface area contributed by atoms with Crippen LogP contribution in [0.15, 0.2) is 47.4 Å². The molecule has 2 aromatic rings. The van der Waals surface area contributed by atoms with Crippen molar-refractivity contribution in [3.05, 3.63) is 58.6 Å². The van der Waals surface area contributed by atoms with Gasteiger partial charge in [-0.1, -0.05) is 29.8 Å². The monoisotopic (exact) mass is 314 g/mol. The van der Waals surface area contributed by atoms with E-state index in [2.05, 4.69) is 5.32 Å². The van der Waals surface area contributed by atoms with Crippen molar-refractivity contribution in [3.63, 3.8) is 0 Å². The molecule has 1 amide bonds. The molecule has 1 aliphatic rings. The Hall–Kier alpha value is -1.96. The average molecular weight is 315 g/mol. The van der Waals surface area contributed by atoms with Gasteiger partial charge in [-0.2, -0.15) is 5.26 Å². The highest BCUT2D eigenvalue weighted by Gasteiger charge is 2.28. The Morgan fingerprint density at radius 3 is 2.86 bits per heavy atom. The molecule has 1 unspecified atom stereocenters. The highest BCUT2D eigenvalue weighted by Crippen LogP contribution is 2.37. The lowest BCUT2D eigenvalue weighted by Gasteiger charge is -2.10. The molecule has 2 aromatic carbocycles. The van der Waals surface area contributed by atoms with Crippen LogP contribution in [0.2, 0.25) is 5.02 Å². The van der Waals surface area contributed by atoms with Crippen molar-refractivity contribution in [2.45, 2.75) is 16.6 Å². The number of carbonyl (C=O) groups excluding carboxylic acids is 1. The summed E-state index contributed by atoms with van der Waals surface area (Å²) in [5, 5.41) is 11.9. The molecule has 1 aliphatic heterocycles. The summed E-state index contributed by atoms with van der Waals surface area (Å²) in [5.74, 6) is -0.0445. The van der Waals surface area contributed by atoms with Gasteiger partial charge in [0.05, 0.1) is 15.8 Å². The van der Waals surface area contributed by atoms with Crippen molar-refractivity contribution in [1.29, 1.82) is 5.26 Å². The van der Waals surface area contributed by atoms with Gasteiger partial charge in [0.1, 0.15) is 6.07 Å². The van der Waals surface area contributed by atoms with Crippen molar-refractivity contribution in [2.24, 2.45) is 0 Å². The number of nitrogens with zero attached hydrogens (tertiary/aromatic N) is 1. The number of hydrogen-bond acceptors (Lipinski definition) is 3. The van der Waals surface area contributed by atoms with Gasteiger partial charge in [-0.05, 0) is 36.2 Å². The largest absolute Gasteiger partial charge is 0.325 e. The van der Waals surface area contributed by atoms with Crippen LogP contribution in [0, 0.1) is 11.3 Å². The summed E-state index contributed by atoms with van der Waals surface area (Å²) in [6.45, 7) is 0. The molecule has 0 aromatic heterocycles. The van der Waals surface area contributed by atoms with E-state index in [-0.39, 0.29) is 11.2 Å². The molecular weight excluding hydrogens is 304 g/mol. The molecule has 5 heteroatoms. The van der Waals surface area contributed by atoms with Gasteiger partial charge in [0, 0.05) is 10.6 Å². The zero-order valence-electron chi connectivity index (χ0n) is 11.0. The maximum Gasteiger partial charge on any atom is 0.238 e. The fourth-order valence-electron chi connectivity index (χ4n) is 2.23. The Bertz CT molecular complexity index is 729. The van der Waals surface area contributed by atoms with Gasteiger partial charge in [-0.3, -0.25) is 4.79 Å². The van der Waals surface area contributed by atoms with Gasteiger partial charge in [0.2, 0.25) is 5.91 Å². The second-order valence-corrected chi connectivity index (χ2v) is 6.37. The lowest BCUT2D eigenvalue weighted by Crippen LogP contribution is -2.24. The maximum atomic E-state index is 12.3. The van der Waals surface area contributed by atoms with Crippen LogP contribution < -0.4 is 5.32 Å². The minimum atomic E-state index is -0.128. The molecule has 1 heterocycles. The Labute approximate surface area is 131 Å². The molecule has 0 saturated heterocycles. The van der Waals surface area contributed by atoms with Gasteiger partial charge in [0.15, 0.2) is 0 Å². The number of halogens is 1. The molecule has 0 aliphatic carbocycles. The van der Waals surface area contributed by atoms with Crippen LogP contribution in [-0.2, 0) is 11.2 Å². The van der Waals surface area contributed by atoms with Crippen molar-refractivity contribution in [1.82, 2.24) is 0 Å². The van der Waals surface area contributed by atoms with Crippen LogP contribution in [0.4, 0.5) is 5.69 Å². The number of hydrogen-bond donors (Lipinski definition) is 1. The number of amides is 1. The molecule has 21 heavy (non-hydrogen) atoms. The van der Waals surface area contributed by atoms with Crippen LogP contribution in [0.3, 0.4) is 0 Å². The van der Waals surface area contributed by atoms with Crippen molar-refractivity contribution in [2.75, 3.05) is 5.32 Å². The smallest absolute Gasteiger partial charge is 0.238 e. The highest BCUT2D eigenvalue weighted by molar-refractivity contribution is 8.01. The predicted octanol–water partition coefficient (Wildman–Crippen LogP) is 3.87. The standard InChI is InChI=1S/C16H11ClN2OS/c17-13-8-12(6-5-11(13)9-18)19-16(20)15-7-10-3-1-2-4-14(10)21-15/h1-6,8,15H,7H2,(H,19,20). The summed E-state index contributed by atoms with van der Waals surface area (Å²) in [6.07, 6.45) is 0.733. The van der Waals surface area contributed by atoms with Gasteiger partial charge >= 0.3 is 0 Å².